The van der Waals surface area contributed by atoms with Gasteiger partial charge in [-0.3, -0.25) is 9.69 Å². The number of aromatic nitrogens is 1. The normalized spacial score (nSPS) is 19.8. The zero-order chi connectivity index (χ0) is 22.4. The van der Waals surface area contributed by atoms with E-state index < -0.39 is 0 Å². The molecule has 176 valence electrons. The van der Waals surface area contributed by atoms with Gasteiger partial charge in [-0.15, -0.1) is 0 Å². The molecular weight excluding hydrogens is 402 g/mol. The van der Waals surface area contributed by atoms with Gasteiger partial charge in [0, 0.05) is 50.9 Å². The van der Waals surface area contributed by atoms with Crippen molar-refractivity contribution >= 4 is 10.9 Å². The summed E-state index contributed by atoms with van der Waals surface area (Å²) >= 11 is 0. The highest BCUT2D eigenvalue weighted by atomic mass is 16.5. The lowest BCUT2D eigenvalue weighted by atomic mass is 9.87. The summed E-state index contributed by atoms with van der Waals surface area (Å²) in [5, 5.41) is 4.83. The standard InChI is InChI=1S/C26H39N3O3/c1-21-7-8-24-22(17-21)18-23(25(30)29(24)13-14-31-2)19-27-20-26(9-5-3-4-6-10-26)28-11-15-32-16-12-28/h7-8,17-18,27H,3-6,9-16,19-20H2,1-2H3. The molecule has 1 N–H and O–H groups in total. The van der Waals surface area contributed by atoms with Gasteiger partial charge in [0.05, 0.1) is 25.3 Å². The molecule has 4 rings (SSSR count). The highest BCUT2D eigenvalue weighted by Gasteiger charge is 2.37. The van der Waals surface area contributed by atoms with Gasteiger partial charge < -0.3 is 19.4 Å². The predicted molar refractivity (Wildman–Crippen MR) is 129 cm³/mol. The Hall–Kier alpha value is -1.73. The summed E-state index contributed by atoms with van der Waals surface area (Å²) in [7, 11) is 1.68. The highest BCUT2D eigenvalue weighted by Crippen LogP contribution is 2.33. The number of pyridine rings is 1. The Morgan fingerprint density at radius 2 is 1.84 bits per heavy atom. The molecule has 0 bridgehead atoms. The Labute approximate surface area is 191 Å². The van der Waals surface area contributed by atoms with Crippen LogP contribution < -0.4 is 10.9 Å². The van der Waals surface area contributed by atoms with E-state index in [4.69, 9.17) is 9.47 Å². The van der Waals surface area contributed by atoms with Gasteiger partial charge in [-0.05, 0) is 43.4 Å². The fourth-order valence-electron chi connectivity index (χ4n) is 5.56. The lowest BCUT2D eigenvalue weighted by Crippen LogP contribution is -2.58. The van der Waals surface area contributed by atoms with Gasteiger partial charge in [0.1, 0.15) is 0 Å². The van der Waals surface area contributed by atoms with Crippen molar-refractivity contribution in [2.75, 3.05) is 46.6 Å². The fraction of sp³-hybridized carbons (Fsp3) is 0.654. The second kappa shape index (κ2) is 10.9. The summed E-state index contributed by atoms with van der Waals surface area (Å²) in [6.45, 7) is 8.41. The van der Waals surface area contributed by atoms with E-state index in [2.05, 4.69) is 41.4 Å². The number of morpholine rings is 1. The van der Waals surface area contributed by atoms with E-state index in [1.54, 1.807) is 7.11 Å². The minimum Gasteiger partial charge on any atom is -0.383 e. The molecular formula is C26H39N3O3. The molecule has 2 aliphatic rings. The SMILES string of the molecule is COCCn1c(=O)c(CNCC2(N3CCOCC3)CCCCCC2)cc2cc(C)ccc21. The van der Waals surface area contributed by atoms with E-state index >= 15 is 0 Å². The molecule has 6 heteroatoms. The third kappa shape index (κ3) is 5.25. The van der Waals surface area contributed by atoms with Gasteiger partial charge in [0.25, 0.3) is 5.56 Å². The minimum absolute atomic E-state index is 0.0900. The molecule has 32 heavy (non-hydrogen) atoms. The van der Waals surface area contributed by atoms with Crippen LogP contribution in [0.4, 0.5) is 0 Å². The molecule has 0 spiro atoms. The molecule has 1 aliphatic carbocycles. The Morgan fingerprint density at radius 3 is 2.56 bits per heavy atom. The van der Waals surface area contributed by atoms with Crippen molar-refractivity contribution in [3.63, 3.8) is 0 Å². The second-order valence-electron chi connectivity index (χ2n) is 9.52. The molecule has 1 saturated heterocycles. The quantitative estimate of drug-likeness (QED) is 0.636. The Bertz CT molecular complexity index is 941. The van der Waals surface area contributed by atoms with Crippen molar-refractivity contribution < 1.29 is 9.47 Å². The number of benzene rings is 1. The number of fused-ring (bicyclic) bond motifs is 1. The number of hydrogen-bond donors (Lipinski definition) is 1. The van der Waals surface area contributed by atoms with Crippen molar-refractivity contribution in [3.8, 4) is 0 Å². The van der Waals surface area contributed by atoms with Gasteiger partial charge in [0.15, 0.2) is 0 Å². The van der Waals surface area contributed by atoms with Crippen LogP contribution in [-0.4, -0.2) is 61.6 Å². The Balaban J connectivity index is 1.55. The van der Waals surface area contributed by atoms with Crippen LogP contribution in [-0.2, 0) is 22.6 Å². The molecule has 0 amide bonds. The van der Waals surface area contributed by atoms with Crippen molar-refractivity contribution in [1.29, 1.82) is 0 Å². The maximum atomic E-state index is 13.3. The summed E-state index contributed by atoms with van der Waals surface area (Å²) in [5.74, 6) is 0. The van der Waals surface area contributed by atoms with Crippen LogP contribution in [0, 0.1) is 6.92 Å². The minimum atomic E-state index is 0.0900. The van der Waals surface area contributed by atoms with E-state index in [0.29, 0.717) is 19.7 Å². The number of methoxy groups -OCH3 is 1. The maximum absolute atomic E-state index is 13.3. The first kappa shape index (κ1) is 23.4. The van der Waals surface area contributed by atoms with Gasteiger partial charge in [-0.25, -0.2) is 0 Å². The average molecular weight is 442 g/mol. The Morgan fingerprint density at radius 1 is 1.09 bits per heavy atom. The molecule has 0 radical (unpaired) electrons. The maximum Gasteiger partial charge on any atom is 0.255 e. The first-order valence-electron chi connectivity index (χ1n) is 12.3. The monoisotopic (exact) mass is 441 g/mol. The van der Waals surface area contributed by atoms with Gasteiger partial charge in [0.2, 0.25) is 0 Å². The number of hydrogen-bond acceptors (Lipinski definition) is 5. The summed E-state index contributed by atoms with van der Waals surface area (Å²) in [4.78, 5) is 16.0. The Kier molecular flexibility index (Phi) is 8.00. The van der Waals surface area contributed by atoms with Gasteiger partial charge >= 0.3 is 0 Å². The molecule has 1 aromatic heterocycles. The molecule has 1 aromatic carbocycles. The first-order valence-corrected chi connectivity index (χ1v) is 12.3. The number of nitrogens with one attached hydrogen (secondary N) is 1. The topological polar surface area (TPSA) is 55.7 Å². The third-order valence-electron chi connectivity index (χ3n) is 7.33. The highest BCUT2D eigenvalue weighted by molar-refractivity contribution is 5.80. The van der Waals surface area contributed by atoms with E-state index in [9.17, 15) is 4.79 Å². The first-order chi connectivity index (χ1) is 15.6. The largest absolute Gasteiger partial charge is 0.383 e. The average Bonchev–Trinajstić information content (AvgIpc) is 3.06. The van der Waals surface area contributed by atoms with Crippen LogP contribution in [0.2, 0.25) is 0 Å². The molecule has 0 atom stereocenters. The lowest BCUT2D eigenvalue weighted by Gasteiger charge is -2.46. The van der Waals surface area contributed by atoms with Crippen molar-refractivity contribution in [2.45, 2.75) is 64.1 Å². The van der Waals surface area contributed by atoms with Crippen molar-refractivity contribution in [3.05, 3.63) is 45.7 Å². The summed E-state index contributed by atoms with van der Waals surface area (Å²) in [6, 6.07) is 8.37. The second-order valence-corrected chi connectivity index (χ2v) is 9.52. The predicted octanol–water partition coefficient (Wildman–Crippen LogP) is 3.47. The number of aryl methyl sites for hydroxylation is 1. The zero-order valence-corrected chi connectivity index (χ0v) is 19.8. The number of nitrogens with zero attached hydrogens (tertiary/aromatic N) is 2. The third-order valence-corrected chi connectivity index (χ3v) is 7.33. The molecule has 6 nitrogen and oxygen atoms in total. The smallest absolute Gasteiger partial charge is 0.255 e. The molecule has 2 fully saturated rings. The van der Waals surface area contributed by atoms with Crippen LogP contribution in [0.25, 0.3) is 10.9 Å². The molecule has 1 saturated carbocycles. The fourth-order valence-corrected chi connectivity index (χ4v) is 5.56. The number of rotatable bonds is 8. The van der Waals surface area contributed by atoms with Crippen LogP contribution >= 0.6 is 0 Å². The summed E-state index contributed by atoms with van der Waals surface area (Å²) < 4.78 is 12.8. The van der Waals surface area contributed by atoms with E-state index in [-0.39, 0.29) is 11.1 Å². The van der Waals surface area contributed by atoms with Crippen molar-refractivity contribution in [1.82, 2.24) is 14.8 Å². The lowest BCUT2D eigenvalue weighted by molar-refractivity contribution is -0.0288. The molecule has 0 unspecified atom stereocenters. The van der Waals surface area contributed by atoms with Gasteiger partial charge in [-0.1, -0.05) is 37.3 Å². The van der Waals surface area contributed by atoms with Crippen LogP contribution in [0.3, 0.4) is 0 Å². The molecule has 1 aliphatic heterocycles. The molecule has 2 heterocycles. The van der Waals surface area contributed by atoms with Crippen LogP contribution in [0.1, 0.15) is 49.7 Å². The van der Waals surface area contributed by atoms with Crippen LogP contribution in [0.15, 0.2) is 29.1 Å². The summed E-state index contributed by atoms with van der Waals surface area (Å²) in [5.41, 5.74) is 3.30. The van der Waals surface area contributed by atoms with Gasteiger partial charge in [-0.2, -0.15) is 0 Å². The van der Waals surface area contributed by atoms with E-state index in [1.807, 2.05) is 4.57 Å². The molecule has 2 aromatic rings. The van der Waals surface area contributed by atoms with Crippen molar-refractivity contribution in [2.24, 2.45) is 0 Å². The van der Waals surface area contributed by atoms with Crippen LogP contribution in [0.5, 0.6) is 0 Å². The van der Waals surface area contributed by atoms with E-state index in [1.165, 1.54) is 44.1 Å². The van der Waals surface area contributed by atoms with E-state index in [0.717, 1.165) is 49.3 Å². The summed E-state index contributed by atoms with van der Waals surface area (Å²) in [6.07, 6.45) is 7.71. The number of ether oxygens (including phenoxy) is 2. The zero-order valence-electron chi connectivity index (χ0n) is 19.8.